The SMILES string of the molecule is COCCN(C)CCNc1ccc(C(=O)O)cc1Cl. The fourth-order valence-electron chi connectivity index (χ4n) is 1.53. The van der Waals surface area contributed by atoms with Gasteiger partial charge < -0.3 is 20.1 Å². The van der Waals surface area contributed by atoms with E-state index < -0.39 is 5.97 Å². The Hall–Kier alpha value is -1.30. The molecule has 0 heterocycles. The van der Waals surface area contributed by atoms with Crippen LogP contribution in [0.15, 0.2) is 18.2 Å². The molecule has 5 nitrogen and oxygen atoms in total. The van der Waals surface area contributed by atoms with Gasteiger partial charge in [-0.1, -0.05) is 11.6 Å². The third-order valence-electron chi connectivity index (χ3n) is 2.70. The number of nitrogens with zero attached hydrogens (tertiary/aromatic N) is 1. The van der Waals surface area contributed by atoms with Crippen LogP contribution in [0.5, 0.6) is 0 Å². The van der Waals surface area contributed by atoms with Gasteiger partial charge in [0, 0.05) is 26.7 Å². The highest BCUT2D eigenvalue weighted by Crippen LogP contribution is 2.22. The van der Waals surface area contributed by atoms with Crippen molar-refractivity contribution in [2.45, 2.75) is 0 Å². The molecule has 0 amide bonds. The molecule has 106 valence electrons. The number of likely N-dealkylation sites (N-methyl/N-ethyl adjacent to an activating group) is 1. The minimum atomic E-state index is -0.979. The molecule has 0 unspecified atom stereocenters. The molecule has 0 saturated carbocycles. The molecule has 6 heteroatoms. The zero-order chi connectivity index (χ0) is 14.3. The number of anilines is 1. The third-order valence-corrected chi connectivity index (χ3v) is 3.01. The lowest BCUT2D eigenvalue weighted by Crippen LogP contribution is -2.28. The number of rotatable bonds is 8. The molecule has 19 heavy (non-hydrogen) atoms. The molecule has 0 aliphatic carbocycles. The van der Waals surface area contributed by atoms with Gasteiger partial charge in [0.2, 0.25) is 0 Å². The molecule has 0 radical (unpaired) electrons. The second-order valence-electron chi connectivity index (χ2n) is 4.22. The number of benzene rings is 1. The summed E-state index contributed by atoms with van der Waals surface area (Å²) in [6.07, 6.45) is 0. The average molecular weight is 287 g/mol. The van der Waals surface area contributed by atoms with Crippen LogP contribution < -0.4 is 5.32 Å². The van der Waals surface area contributed by atoms with Gasteiger partial charge in [-0.05, 0) is 25.2 Å². The summed E-state index contributed by atoms with van der Waals surface area (Å²) in [5.41, 5.74) is 0.930. The van der Waals surface area contributed by atoms with Gasteiger partial charge in [0.1, 0.15) is 0 Å². The van der Waals surface area contributed by atoms with Crippen molar-refractivity contribution in [3.63, 3.8) is 0 Å². The summed E-state index contributed by atoms with van der Waals surface area (Å²) < 4.78 is 4.99. The average Bonchev–Trinajstić information content (AvgIpc) is 2.38. The van der Waals surface area contributed by atoms with Crippen molar-refractivity contribution in [3.8, 4) is 0 Å². The third kappa shape index (κ3) is 5.46. The zero-order valence-electron chi connectivity index (χ0n) is 11.1. The van der Waals surface area contributed by atoms with Crippen LogP contribution in [0.1, 0.15) is 10.4 Å². The maximum atomic E-state index is 10.8. The van der Waals surface area contributed by atoms with Gasteiger partial charge in [-0.3, -0.25) is 0 Å². The fraction of sp³-hybridized carbons (Fsp3) is 0.462. The molecule has 2 N–H and O–H groups in total. The summed E-state index contributed by atoms with van der Waals surface area (Å²) in [5, 5.41) is 12.4. The first-order valence-electron chi connectivity index (χ1n) is 5.98. The number of methoxy groups -OCH3 is 1. The second kappa shape index (κ2) is 7.99. The summed E-state index contributed by atoms with van der Waals surface area (Å²) >= 11 is 6.01. The van der Waals surface area contributed by atoms with E-state index in [2.05, 4.69) is 10.2 Å². The lowest BCUT2D eigenvalue weighted by molar-refractivity contribution is 0.0697. The molecule has 0 saturated heterocycles. The van der Waals surface area contributed by atoms with Crippen LogP contribution in [0, 0.1) is 0 Å². The van der Waals surface area contributed by atoms with Crippen LogP contribution in [-0.2, 0) is 4.74 Å². The summed E-state index contributed by atoms with van der Waals surface area (Å²) in [6, 6.07) is 4.66. The first kappa shape index (κ1) is 15.8. The Bertz CT molecular complexity index is 426. The fourth-order valence-corrected chi connectivity index (χ4v) is 1.78. The van der Waals surface area contributed by atoms with Gasteiger partial charge in [0.25, 0.3) is 0 Å². The first-order chi connectivity index (χ1) is 9.04. The van der Waals surface area contributed by atoms with Crippen molar-refractivity contribution >= 4 is 23.3 Å². The Kier molecular flexibility index (Phi) is 6.62. The van der Waals surface area contributed by atoms with E-state index >= 15 is 0 Å². The smallest absolute Gasteiger partial charge is 0.335 e. The molecule has 1 aromatic carbocycles. The Labute approximate surface area is 118 Å². The molecule has 0 aromatic heterocycles. The van der Waals surface area contributed by atoms with E-state index in [-0.39, 0.29) is 5.56 Å². The number of nitrogens with one attached hydrogen (secondary N) is 1. The number of carboxylic acid groups (broad SMARTS) is 1. The van der Waals surface area contributed by atoms with E-state index in [9.17, 15) is 4.79 Å². The minimum absolute atomic E-state index is 0.188. The van der Waals surface area contributed by atoms with Gasteiger partial charge in [0.15, 0.2) is 0 Å². The van der Waals surface area contributed by atoms with E-state index in [4.69, 9.17) is 21.4 Å². The summed E-state index contributed by atoms with van der Waals surface area (Å²) in [5.74, 6) is -0.979. The zero-order valence-corrected chi connectivity index (χ0v) is 11.9. The number of ether oxygens (including phenoxy) is 1. The van der Waals surface area contributed by atoms with Gasteiger partial charge in [-0.15, -0.1) is 0 Å². The normalized spacial score (nSPS) is 10.7. The number of hydrogen-bond acceptors (Lipinski definition) is 4. The van der Waals surface area contributed by atoms with E-state index in [1.165, 1.54) is 12.1 Å². The molecule has 0 fully saturated rings. The lowest BCUT2D eigenvalue weighted by Gasteiger charge is -2.17. The van der Waals surface area contributed by atoms with Crippen LogP contribution in [0.3, 0.4) is 0 Å². The van der Waals surface area contributed by atoms with Gasteiger partial charge in [-0.2, -0.15) is 0 Å². The Balaban J connectivity index is 2.43. The van der Waals surface area contributed by atoms with Crippen LogP contribution >= 0.6 is 11.6 Å². The maximum absolute atomic E-state index is 10.8. The van der Waals surface area contributed by atoms with E-state index in [1.54, 1.807) is 13.2 Å². The summed E-state index contributed by atoms with van der Waals surface area (Å²) in [6.45, 7) is 3.14. The number of aromatic carboxylic acids is 1. The topological polar surface area (TPSA) is 61.8 Å². The predicted molar refractivity (Wildman–Crippen MR) is 76.3 cm³/mol. The van der Waals surface area contributed by atoms with Crippen molar-refractivity contribution in [2.75, 3.05) is 45.7 Å². The number of carboxylic acids is 1. The molecule has 0 spiro atoms. The molecule has 0 bridgehead atoms. The largest absolute Gasteiger partial charge is 0.478 e. The highest BCUT2D eigenvalue weighted by molar-refractivity contribution is 6.33. The highest BCUT2D eigenvalue weighted by atomic mass is 35.5. The minimum Gasteiger partial charge on any atom is -0.478 e. The number of halogens is 1. The van der Waals surface area contributed by atoms with E-state index in [0.717, 1.165) is 25.3 Å². The standard InChI is InChI=1S/C13H19ClN2O3/c1-16(7-8-19-2)6-5-15-12-4-3-10(13(17)18)9-11(12)14/h3-4,9,15H,5-8H2,1-2H3,(H,17,18). The van der Waals surface area contributed by atoms with Crippen molar-refractivity contribution in [2.24, 2.45) is 0 Å². The quantitative estimate of drug-likeness (QED) is 0.766. The second-order valence-corrected chi connectivity index (χ2v) is 4.63. The van der Waals surface area contributed by atoms with E-state index in [0.29, 0.717) is 11.6 Å². The highest BCUT2D eigenvalue weighted by Gasteiger charge is 2.06. The predicted octanol–water partition coefficient (Wildman–Crippen LogP) is 2.03. The lowest BCUT2D eigenvalue weighted by atomic mass is 10.2. The van der Waals surface area contributed by atoms with Gasteiger partial charge in [0.05, 0.1) is 22.9 Å². The summed E-state index contributed by atoms with van der Waals surface area (Å²) in [7, 11) is 3.69. The number of carbonyl (C=O) groups is 1. The number of hydrogen-bond donors (Lipinski definition) is 2. The van der Waals surface area contributed by atoms with Crippen LogP contribution in [-0.4, -0.2) is 56.4 Å². The van der Waals surface area contributed by atoms with Gasteiger partial charge >= 0.3 is 5.97 Å². The monoisotopic (exact) mass is 286 g/mol. The summed E-state index contributed by atoms with van der Waals surface area (Å²) in [4.78, 5) is 12.9. The molecule has 0 aliphatic heterocycles. The van der Waals surface area contributed by atoms with Gasteiger partial charge in [-0.25, -0.2) is 4.79 Å². The van der Waals surface area contributed by atoms with Crippen LogP contribution in [0.2, 0.25) is 5.02 Å². The van der Waals surface area contributed by atoms with Crippen molar-refractivity contribution < 1.29 is 14.6 Å². The van der Waals surface area contributed by atoms with Crippen molar-refractivity contribution in [1.82, 2.24) is 4.90 Å². The Morgan fingerprint density at radius 2 is 2.21 bits per heavy atom. The first-order valence-corrected chi connectivity index (χ1v) is 6.36. The van der Waals surface area contributed by atoms with E-state index in [1.807, 2.05) is 7.05 Å². The van der Waals surface area contributed by atoms with Crippen LogP contribution in [0.4, 0.5) is 5.69 Å². The molecular weight excluding hydrogens is 268 g/mol. The Morgan fingerprint density at radius 3 is 2.79 bits per heavy atom. The van der Waals surface area contributed by atoms with Crippen molar-refractivity contribution in [3.05, 3.63) is 28.8 Å². The Morgan fingerprint density at radius 1 is 1.47 bits per heavy atom. The van der Waals surface area contributed by atoms with Crippen LogP contribution in [0.25, 0.3) is 0 Å². The van der Waals surface area contributed by atoms with Crippen molar-refractivity contribution in [1.29, 1.82) is 0 Å². The molecule has 1 rings (SSSR count). The molecule has 0 aliphatic rings. The molecular formula is C13H19ClN2O3. The molecule has 1 aromatic rings. The maximum Gasteiger partial charge on any atom is 0.335 e. The molecule has 0 atom stereocenters.